The Morgan fingerprint density at radius 2 is 1.66 bits per heavy atom. The van der Waals surface area contributed by atoms with E-state index in [0.29, 0.717) is 25.7 Å². The van der Waals surface area contributed by atoms with Gasteiger partial charge < -0.3 is 10.2 Å². The van der Waals surface area contributed by atoms with Crippen molar-refractivity contribution in [1.29, 1.82) is 0 Å². The highest BCUT2D eigenvalue weighted by Crippen LogP contribution is 2.34. The van der Waals surface area contributed by atoms with E-state index < -0.39 is 23.9 Å². The molecule has 1 fully saturated rings. The number of aliphatic hydroxyl groups excluding tert-OH is 2. The monoisotopic (exact) mass is 446 g/mol. The molecule has 1 aliphatic carbocycles. The van der Waals surface area contributed by atoms with Crippen LogP contribution in [0.4, 0.5) is 13.2 Å². The first-order valence-corrected chi connectivity index (χ1v) is 11.0. The number of alkyl halides is 3. The zero-order valence-corrected chi connectivity index (χ0v) is 17.8. The minimum atomic E-state index is -4.35. The van der Waals surface area contributed by atoms with Crippen molar-refractivity contribution in [1.82, 2.24) is 0 Å². The van der Waals surface area contributed by atoms with Crippen molar-refractivity contribution < 1.29 is 28.2 Å². The van der Waals surface area contributed by atoms with Crippen LogP contribution in [0.15, 0.2) is 66.7 Å². The van der Waals surface area contributed by atoms with Gasteiger partial charge in [0.2, 0.25) is 0 Å². The van der Waals surface area contributed by atoms with Crippen molar-refractivity contribution in [2.24, 2.45) is 11.8 Å². The van der Waals surface area contributed by atoms with Crippen LogP contribution in [-0.2, 0) is 23.8 Å². The van der Waals surface area contributed by atoms with Crippen LogP contribution in [0, 0.1) is 11.8 Å². The maximum Gasteiger partial charge on any atom is 0.416 e. The average Bonchev–Trinajstić information content (AvgIpc) is 3.03. The molecule has 4 atom stereocenters. The van der Waals surface area contributed by atoms with Gasteiger partial charge >= 0.3 is 6.18 Å². The van der Waals surface area contributed by atoms with Gasteiger partial charge in [0.1, 0.15) is 5.78 Å². The van der Waals surface area contributed by atoms with Crippen LogP contribution in [0.1, 0.15) is 42.4 Å². The van der Waals surface area contributed by atoms with Gasteiger partial charge in [-0.05, 0) is 55.4 Å². The lowest BCUT2D eigenvalue weighted by atomic mass is 9.88. The number of ketones is 1. The number of benzene rings is 2. The number of hydrogen-bond donors (Lipinski definition) is 2. The highest BCUT2D eigenvalue weighted by Gasteiger charge is 2.39. The number of aliphatic hydroxyl groups is 2. The molecule has 1 saturated carbocycles. The smallest absolute Gasteiger partial charge is 0.392 e. The van der Waals surface area contributed by atoms with E-state index in [-0.39, 0.29) is 24.0 Å². The first-order valence-electron chi connectivity index (χ1n) is 11.0. The fraction of sp³-hybridized carbons (Fsp3) is 0.423. The van der Waals surface area contributed by atoms with Crippen LogP contribution in [0.25, 0.3) is 0 Å². The third-order valence-electron chi connectivity index (χ3n) is 6.12. The SMILES string of the molecule is O=C1C[C@@H](O)[C@H](/C=C/[C@@H](O)CCc2ccccc2)[C@H]1CCCc1ccc(C(F)(F)F)cc1. The number of carbonyl (C=O) groups excluding carboxylic acids is 1. The highest BCUT2D eigenvalue weighted by molar-refractivity contribution is 5.84. The molecule has 0 spiro atoms. The standard InChI is InChI=1S/C26H29F3O3/c27-26(28,29)20-12-9-19(10-13-20)7-4-8-22-23(25(32)17-24(22)31)16-15-21(30)14-11-18-5-2-1-3-6-18/h1-3,5-6,9-10,12-13,15-16,21-23,25,30,32H,4,7-8,11,14,17H2/b16-15+/t21-,22+,23+,25+/m0/s1. The van der Waals surface area contributed by atoms with Gasteiger partial charge in [-0.1, -0.05) is 54.6 Å². The fourth-order valence-electron chi connectivity index (χ4n) is 4.29. The Kier molecular flexibility index (Phi) is 8.26. The van der Waals surface area contributed by atoms with E-state index in [2.05, 4.69) is 0 Å². The lowest BCUT2D eigenvalue weighted by molar-refractivity contribution is -0.137. The number of carbonyl (C=O) groups is 1. The fourth-order valence-corrected chi connectivity index (χ4v) is 4.29. The van der Waals surface area contributed by atoms with Crippen LogP contribution >= 0.6 is 0 Å². The highest BCUT2D eigenvalue weighted by atomic mass is 19.4. The van der Waals surface area contributed by atoms with Crippen LogP contribution in [0.2, 0.25) is 0 Å². The summed E-state index contributed by atoms with van der Waals surface area (Å²) in [6.45, 7) is 0. The van der Waals surface area contributed by atoms with Gasteiger partial charge in [0, 0.05) is 18.3 Å². The number of halogens is 3. The third-order valence-corrected chi connectivity index (χ3v) is 6.12. The lowest BCUT2D eigenvalue weighted by Crippen LogP contribution is -2.19. The molecular weight excluding hydrogens is 417 g/mol. The molecular formula is C26H29F3O3. The van der Waals surface area contributed by atoms with E-state index in [9.17, 15) is 28.2 Å². The minimum absolute atomic E-state index is 0.00153. The van der Waals surface area contributed by atoms with Gasteiger partial charge in [-0.25, -0.2) is 0 Å². The molecule has 3 rings (SSSR count). The summed E-state index contributed by atoms with van der Waals surface area (Å²) in [5.74, 6) is -0.683. The van der Waals surface area contributed by atoms with Crippen molar-refractivity contribution in [2.45, 2.75) is 56.9 Å². The molecule has 1 aliphatic rings. The van der Waals surface area contributed by atoms with Gasteiger partial charge in [0.15, 0.2) is 0 Å². The molecule has 0 saturated heterocycles. The van der Waals surface area contributed by atoms with Gasteiger partial charge in [0.25, 0.3) is 0 Å². The van der Waals surface area contributed by atoms with Crippen LogP contribution in [0.3, 0.4) is 0 Å². The summed E-state index contributed by atoms with van der Waals surface area (Å²) in [4.78, 5) is 12.4. The van der Waals surface area contributed by atoms with Crippen LogP contribution in [-0.4, -0.2) is 28.2 Å². The third kappa shape index (κ3) is 6.78. The van der Waals surface area contributed by atoms with Crippen molar-refractivity contribution in [3.63, 3.8) is 0 Å². The Balaban J connectivity index is 1.51. The molecule has 0 radical (unpaired) electrons. The van der Waals surface area contributed by atoms with Crippen molar-refractivity contribution in [3.05, 3.63) is 83.4 Å². The second-order valence-corrected chi connectivity index (χ2v) is 8.49. The predicted octanol–water partition coefficient (Wildman–Crippen LogP) is 5.14. The van der Waals surface area contributed by atoms with Gasteiger partial charge in [-0.15, -0.1) is 0 Å². The van der Waals surface area contributed by atoms with E-state index in [4.69, 9.17) is 0 Å². The van der Waals surface area contributed by atoms with Gasteiger partial charge in [-0.2, -0.15) is 13.2 Å². The zero-order chi connectivity index (χ0) is 23.1. The Morgan fingerprint density at radius 3 is 2.31 bits per heavy atom. The first-order chi connectivity index (χ1) is 15.2. The normalized spacial score (nSPS) is 22.5. The summed E-state index contributed by atoms with van der Waals surface area (Å²) in [6, 6.07) is 14.9. The molecule has 172 valence electrons. The zero-order valence-electron chi connectivity index (χ0n) is 17.8. The second kappa shape index (κ2) is 10.9. The number of aryl methyl sites for hydroxylation is 2. The van der Waals surface area contributed by atoms with E-state index in [0.717, 1.165) is 29.7 Å². The van der Waals surface area contributed by atoms with Crippen LogP contribution < -0.4 is 0 Å². The van der Waals surface area contributed by atoms with E-state index in [1.54, 1.807) is 12.2 Å². The summed E-state index contributed by atoms with van der Waals surface area (Å²) in [7, 11) is 0. The van der Waals surface area contributed by atoms with Crippen LogP contribution in [0.5, 0.6) is 0 Å². The molecule has 0 heterocycles. The summed E-state index contributed by atoms with van der Waals surface area (Å²) >= 11 is 0. The predicted molar refractivity (Wildman–Crippen MR) is 117 cm³/mol. The summed E-state index contributed by atoms with van der Waals surface area (Å²) in [5.41, 5.74) is 1.25. The number of hydrogen-bond acceptors (Lipinski definition) is 3. The van der Waals surface area contributed by atoms with E-state index >= 15 is 0 Å². The molecule has 2 aromatic carbocycles. The van der Waals surface area contributed by atoms with Gasteiger partial charge in [0.05, 0.1) is 17.8 Å². The Hall–Kier alpha value is -2.44. The summed E-state index contributed by atoms with van der Waals surface area (Å²) in [5, 5.41) is 20.6. The molecule has 0 bridgehead atoms. The Morgan fingerprint density at radius 1 is 1.00 bits per heavy atom. The molecule has 32 heavy (non-hydrogen) atoms. The second-order valence-electron chi connectivity index (χ2n) is 8.49. The maximum atomic E-state index is 12.7. The molecule has 0 aliphatic heterocycles. The summed E-state index contributed by atoms with van der Waals surface area (Å²) < 4.78 is 38.0. The molecule has 0 unspecified atom stereocenters. The first kappa shape index (κ1) is 24.2. The molecule has 3 nitrogen and oxygen atoms in total. The van der Waals surface area contributed by atoms with Crippen molar-refractivity contribution in [3.8, 4) is 0 Å². The Labute approximate surface area is 186 Å². The minimum Gasteiger partial charge on any atom is -0.392 e. The average molecular weight is 447 g/mol. The topological polar surface area (TPSA) is 57.5 Å². The molecule has 6 heteroatoms. The lowest BCUT2D eigenvalue weighted by Gasteiger charge is -2.18. The number of Topliss-reactive ketones (excluding diaryl/α,β-unsaturated/α-hetero) is 1. The van der Waals surface area contributed by atoms with Crippen molar-refractivity contribution >= 4 is 5.78 Å². The summed E-state index contributed by atoms with van der Waals surface area (Å²) in [6.07, 6.45) is 0.769. The van der Waals surface area contributed by atoms with E-state index in [1.165, 1.54) is 12.1 Å². The quantitative estimate of drug-likeness (QED) is 0.524. The van der Waals surface area contributed by atoms with Crippen molar-refractivity contribution in [2.75, 3.05) is 0 Å². The molecule has 2 aromatic rings. The van der Waals surface area contributed by atoms with E-state index in [1.807, 2.05) is 30.3 Å². The molecule has 2 N–H and O–H groups in total. The molecule has 0 amide bonds. The van der Waals surface area contributed by atoms with Gasteiger partial charge in [-0.3, -0.25) is 4.79 Å². The maximum absolute atomic E-state index is 12.7. The molecule has 0 aromatic heterocycles. The largest absolute Gasteiger partial charge is 0.416 e. The Bertz CT molecular complexity index is 891. The number of rotatable bonds is 9.